The van der Waals surface area contributed by atoms with Gasteiger partial charge in [-0.3, -0.25) is 9.59 Å². The van der Waals surface area contributed by atoms with Gasteiger partial charge in [0.15, 0.2) is 5.66 Å². The largest absolute Gasteiger partial charge is 0.481 e. The fraction of sp³-hybridized carbons (Fsp3) is 0.733. The van der Waals surface area contributed by atoms with Crippen molar-refractivity contribution in [3.63, 3.8) is 0 Å². The molecule has 0 aromatic rings. The summed E-state index contributed by atoms with van der Waals surface area (Å²) in [6.07, 6.45) is 9.32. The van der Waals surface area contributed by atoms with Crippen LogP contribution in [-0.2, 0) is 9.59 Å². The minimum Gasteiger partial charge on any atom is -0.481 e. The zero-order valence-electron chi connectivity index (χ0n) is 11.9. The number of aliphatic carboxylic acids is 1. The lowest BCUT2D eigenvalue weighted by Crippen LogP contribution is -2.30. The number of carbonyl (C=O) groups excluding carboxylic acids is 1. The van der Waals surface area contributed by atoms with E-state index in [4.69, 9.17) is 6.42 Å². The molecule has 2 fully saturated rings. The highest BCUT2D eigenvalue weighted by Gasteiger charge is 2.58. The van der Waals surface area contributed by atoms with Crippen LogP contribution < -0.4 is 0 Å². The maximum Gasteiger partial charge on any atom is 0.308 e. The van der Waals surface area contributed by atoms with Gasteiger partial charge in [0.2, 0.25) is 5.91 Å². The summed E-state index contributed by atoms with van der Waals surface area (Å²) in [5, 5.41) is 17.3. The number of rotatable bonds is 6. The first kappa shape index (κ1) is 14.1. The summed E-state index contributed by atoms with van der Waals surface area (Å²) in [4.78, 5) is 25.3. The van der Waals surface area contributed by atoms with E-state index < -0.39 is 17.6 Å². The van der Waals surface area contributed by atoms with Crippen molar-refractivity contribution in [1.29, 1.82) is 0 Å². The molecule has 0 radical (unpaired) electrons. The maximum atomic E-state index is 12.3. The van der Waals surface area contributed by atoms with Crippen LogP contribution >= 0.6 is 0 Å². The van der Waals surface area contributed by atoms with E-state index in [2.05, 4.69) is 16.1 Å². The van der Waals surface area contributed by atoms with Crippen LogP contribution in [0.4, 0.5) is 0 Å². The molecule has 112 valence electrons. The summed E-state index contributed by atoms with van der Waals surface area (Å²) in [5.41, 5.74) is -0.581. The van der Waals surface area contributed by atoms with Gasteiger partial charge in [0.25, 0.3) is 0 Å². The summed E-state index contributed by atoms with van der Waals surface area (Å²) in [5.74, 6) is 1.41. The summed E-state index contributed by atoms with van der Waals surface area (Å²) in [6.45, 7) is 0.939. The number of hydrogen-bond acceptors (Lipinski definition) is 4. The Kier molecular flexibility index (Phi) is 3.23. The van der Waals surface area contributed by atoms with Gasteiger partial charge in [-0.05, 0) is 12.8 Å². The first-order chi connectivity index (χ1) is 10.0. The average molecular weight is 289 g/mol. The Labute approximate surface area is 123 Å². The van der Waals surface area contributed by atoms with E-state index in [1.54, 1.807) is 4.90 Å². The number of terminal acetylenes is 1. The smallest absolute Gasteiger partial charge is 0.308 e. The topological polar surface area (TPSA) is 82.3 Å². The van der Waals surface area contributed by atoms with Crippen LogP contribution in [0.1, 0.15) is 38.5 Å². The molecule has 1 amide bonds. The van der Waals surface area contributed by atoms with Gasteiger partial charge < -0.3 is 10.0 Å². The predicted octanol–water partition coefficient (Wildman–Crippen LogP) is 1.67. The van der Waals surface area contributed by atoms with Crippen molar-refractivity contribution in [2.75, 3.05) is 13.1 Å². The van der Waals surface area contributed by atoms with Crippen LogP contribution in [0, 0.1) is 23.7 Å². The SMILES string of the molecule is C#CCCC1(CCC(=O)N2CC(C(=O)O)C3(CC3)C2)N=N1. The third-order valence-corrected chi connectivity index (χ3v) is 4.98. The minimum absolute atomic E-state index is 0.0161. The quantitative estimate of drug-likeness (QED) is 0.755. The predicted molar refractivity (Wildman–Crippen MR) is 74.3 cm³/mol. The summed E-state index contributed by atoms with van der Waals surface area (Å²) in [6, 6.07) is 0. The van der Waals surface area contributed by atoms with Crippen LogP contribution in [0.5, 0.6) is 0 Å². The molecule has 6 heteroatoms. The van der Waals surface area contributed by atoms with Crippen LogP contribution in [0.3, 0.4) is 0 Å². The van der Waals surface area contributed by atoms with Crippen LogP contribution in [0.2, 0.25) is 0 Å². The Bertz CT molecular complexity index is 539. The third kappa shape index (κ3) is 2.65. The number of carboxylic acids is 1. The molecule has 2 heterocycles. The van der Waals surface area contributed by atoms with Crippen molar-refractivity contribution in [1.82, 2.24) is 4.90 Å². The number of likely N-dealkylation sites (tertiary alicyclic amines) is 1. The molecule has 1 N–H and O–H groups in total. The lowest BCUT2D eigenvalue weighted by molar-refractivity contribution is -0.143. The van der Waals surface area contributed by atoms with E-state index in [-0.39, 0.29) is 11.3 Å². The summed E-state index contributed by atoms with van der Waals surface area (Å²) in [7, 11) is 0. The molecule has 2 aliphatic heterocycles. The second-order valence-electron chi connectivity index (χ2n) is 6.41. The molecule has 0 aromatic heterocycles. The monoisotopic (exact) mass is 289 g/mol. The van der Waals surface area contributed by atoms with Gasteiger partial charge in [-0.2, -0.15) is 10.2 Å². The summed E-state index contributed by atoms with van der Waals surface area (Å²) >= 11 is 0. The van der Waals surface area contributed by atoms with Gasteiger partial charge >= 0.3 is 5.97 Å². The van der Waals surface area contributed by atoms with E-state index in [1.807, 2.05) is 0 Å². The molecule has 6 nitrogen and oxygen atoms in total. The zero-order valence-corrected chi connectivity index (χ0v) is 11.9. The molecule has 21 heavy (non-hydrogen) atoms. The highest BCUT2D eigenvalue weighted by Crippen LogP contribution is 2.56. The van der Waals surface area contributed by atoms with Crippen molar-refractivity contribution < 1.29 is 14.7 Å². The molecule has 1 aliphatic carbocycles. The van der Waals surface area contributed by atoms with Crippen molar-refractivity contribution in [2.45, 2.75) is 44.2 Å². The molecule has 1 spiro atoms. The standard InChI is InChI=1S/C15H19N3O3/c1-2-3-5-15(16-17-15)6-4-12(19)18-9-11(13(20)21)14(10-18)7-8-14/h1,11H,3-10H2,(H,20,21). The first-order valence-corrected chi connectivity index (χ1v) is 7.38. The molecule has 3 aliphatic rings. The Balaban J connectivity index is 1.51. The van der Waals surface area contributed by atoms with E-state index in [0.717, 1.165) is 12.8 Å². The highest BCUT2D eigenvalue weighted by molar-refractivity contribution is 5.80. The van der Waals surface area contributed by atoms with Crippen LogP contribution in [0.25, 0.3) is 0 Å². The Morgan fingerprint density at radius 1 is 1.33 bits per heavy atom. The molecule has 3 rings (SSSR count). The number of amides is 1. The van der Waals surface area contributed by atoms with Crippen molar-refractivity contribution in [2.24, 2.45) is 21.6 Å². The van der Waals surface area contributed by atoms with Gasteiger partial charge in [0.05, 0.1) is 5.92 Å². The Hall–Kier alpha value is -1.90. The van der Waals surface area contributed by atoms with Crippen LogP contribution in [-0.4, -0.2) is 40.6 Å². The average Bonchev–Trinajstić information content (AvgIpc) is 3.33. The molecule has 1 saturated carbocycles. The van der Waals surface area contributed by atoms with Crippen molar-refractivity contribution >= 4 is 11.9 Å². The Morgan fingerprint density at radius 3 is 2.52 bits per heavy atom. The van der Waals surface area contributed by atoms with E-state index >= 15 is 0 Å². The first-order valence-electron chi connectivity index (χ1n) is 7.38. The Morgan fingerprint density at radius 2 is 2.05 bits per heavy atom. The van der Waals surface area contributed by atoms with E-state index in [1.165, 1.54) is 0 Å². The second-order valence-corrected chi connectivity index (χ2v) is 6.41. The van der Waals surface area contributed by atoms with Gasteiger partial charge in [0.1, 0.15) is 0 Å². The number of carboxylic acid groups (broad SMARTS) is 1. The van der Waals surface area contributed by atoms with Crippen molar-refractivity contribution in [3.05, 3.63) is 0 Å². The van der Waals surface area contributed by atoms with Crippen molar-refractivity contribution in [3.8, 4) is 12.3 Å². The van der Waals surface area contributed by atoms with Gasteiger partial charge in [-0.15, -0.1) is 12.3 Å². The fourth-order valence-corrected chi connectivity index (χ4v) is 3.30. The second kappa shape index (κ2) is 4.83. The molecular weight excluding hydrogens is 270 g/mol. The lowest BCUT2D eigenvalue weighted by atomic mass is 9.93. The minimum atomic E-state index is -0.777. The maximum absolute atomic E-state index is 12.3. The van der Waals surface area contributed by atoms with Gasteiger partial charge in [-0.25, -0.2) is 0 Å². The van der Waals surface area contributed by atoms with Crippen LogP contribution in [0.15, 0.2) is 10.2 Å². The molecule has 1 saturated heterocycles. The van der Waals surface area contributed by atoms with E-state index in [9.17, 15) is 14.7 Å². The molecule has 0 aromatic carbocycles. The molecule has 0 bridgehead atoms. The highest BCUT2D eigenvalue weighted by atomic mass is 16.4. The molecule has 1 atom stereocenters. The van der Waals surface area contributed by atoms with Gasteiger partial charge in [-0.1, -0.05) is 0 Å². The third-order valence-electron chi connectivity index (χ3n) is 4.98. The number of hydrogen-bond donors (Lipinski definition) is 1. The van der Waals surface area contributed by atoms with E-state index in [0.29, 0.717) is 38.8 Å². The zero-order chi connectivity index (χ0) is 15.1. The lowest BCUT2D eigenvalue weighted by Gasteiger charge is -2.17. The van der Waals surface area contributed by atoms with Gasteiger partial charge in [0, 0.05) is 44.2 Å². The molecule has 1 unspecified atom stereocenters. The normalized spacial score (nSPS) is 26.6. The number of nitrogens with zero attached hydrogens (tertiary/aromatic N) is 3. The fourth-order valence-electron chi connectivity index (χ4n) is 3.30. The molecular formula is C15H19N3O3. The summed E-state index contributed by atoms with van der Waals surface area (Å²) < 4.78 is 0. The number of carbonyl (C=O) groups is 2.